The highest BCUT2D eigenvalue weighted by Gasteiger charge is 2.53. The quantitative estimate of drug-likeness (QED) is 0.187. The molecule has 39 heavy (non-hydrogen) atoms. The SMILES string of the molecule is CC(c1ccc(OCC2CO2)cc1)(c1ccc(OCC2CO2)cc1)P1(=O)Oc2ccccc2-c2ccccc21. The maximum absolute atomic E-state index is 15.5. The Morgan fingerprint density at radius 3 is 1.74 bits per heavy atom. The van der Waals surface area contributed by atoms with Crippen LogP contribution in [0.2, 0.25) is 0 Å². The standard InChI is InChI=1S/C32H29O6P/c1-32(22-10-14-24(15-11-22)34-18-26-20-36-26,23-12-16-25(17-13-23)35-19-27-21-37-27)39(33)31-9-5-3-7-29(31)28-6-2-4-8-30(28)38-39/h2-17,26-27H,18-21H2,1H3. The van der Waals surface area contributed by atoms with Crippen LogP contribution in [0.15, 0.2) is 97.1 Å². The molecule has 3 unspecified atom stereocenters. The largest absolute Gasteiger partial charge is 0.491 e. The monoisotopic (exact) mass is 540 g/mol. The summed E-state index contributed by atoms with van der Waals surface area (Å²) >= 11 is 0. The average molecular weight is 541 g/mol. The number of hydrogen-bond donors (Lipinski definition) is 0. The minimum Gasteiger partial charge on any atom is -0.491 e. The smallest absolute Gasteiger partial charge is 0.292 e. The first-order valence-electron chi connectivity index (χ1n) is 13.2. The fourth-order valence-corrected chi connectivity index (χ4v) is 8.18. The lowest BCUT2D eigenvalue weighted by Gasteiger charge is -2.41. The van der Waals surface area contributed by atoms with Gasteiger partial charge in [0.25, 0.3) is 7.37 Å². The van der Waals surface area contributed by atoms with Crippen molar-refractivity contribution in [1.29, 1.82) is 0 Å². The van der Waals surface area contributed by atoms with Crippen LogP contribution >= 0.6 is 7.37 Å². The number of ether oxygens (including phenoxy) is 4. The topological polar surface area (TPSA) is 69.8 Å². The molecule has 0 amide bonds. The third-order valence-corrected chi connectivity index (χ3v) is 10.9. The van der Waals surface area contributed by atoms with Crippen molar-refractivity contribution < 1.29 is 28.0 Å². The predicted octanol–water partition coefficient (Wildman–Crippen LogP) is 6.17. The number of epoxide rings is 2. The van der Waals surface area contributed by atoms with Crippen molar-refractivity contribution in [3.05, 3.63) is 108 Å². The molecule has 3 aliphatic rings. The van der Waals surface area contributed by atoms with Crippen LogP contribution in [0.25, 0.3) is 11.1 Å². The Bertz CT molecular complexity index is 1480. The minimum atomic E-state index is -3.60. The molecule has 0 spiro atoms. The molecule has 4 aromatic rings. The zero-order chi connectivity index (χ0) is 26.5. The summed E-state index contributed by atoms with van der Waals surface area (Å²) in [7, 11) is -3.60. The molecule has 198 valence electrons. The van der Waals surface area contributed by atoms with Crippen LogP contribution in [-0.4, -0.2) is 38.6 Å². The van der Waals surface area contributed by atoms with E-state index in [1.54, 1.807) is 0 Å². The summed E-state index contributed by atoms with van der Waals surface area (Å²) in [4.78, 5) is 0. The zero-order valence-electron chi connectivity index (χ0n) is 21.6. The molecule has 2 fully saturated rings. The molecule has 3 heterocycles. The average Bonchev–Trinajstić information content (AvgIpc) is 3.91. The van der Waals surface area contributed by atoms with Crippen LogP contribution in [-0.2, 0) is 19.2 Å². The summed E-state index contributed by atoms with van der Waals surface area (Å²) in [6.07, 6.45) is 0.343. The van der Waals surface area contributed by atoms with Gasteiger partial charge in [0.1, 0.15) is 47.8 Å². The van der Waals surface area contributed by atoms with Gasteiger partial charge in [-0.05, 0) is 60.0 Å². The van der Waals surface area contributed by atoms with Gasteiger partial charge in [0, 0.05) is 5.56 Å². The fraction of sp³-hybridized carbons (Fsp3) is 0.250. The molecule has 0 aliphatic carbocycles. The van der Waals surface area contributed by atoms with Gasteiger partial charge in [-0.15, -0.1) is 0 Å². The second-order valence-corrected chi connectivity index (χ2v) is 13.0. The number of hydrogen-bond acceptors (Lipinski definition) is 6. The van der Waals surface area contributed by atoms with E-state index in [9.17, 15) is 0 Å². The Morgan fingerprint density at radius 1 is 0.718 bits per heavy atom. The summed E-state index contributed by atoms with van der Waals surface area (Å²) in [6.45, 7) is 4.54. The van der Waals surface area contributed by atoms with E-state index in [0.717, 1.165) is 47.0 Å². The van der Waals surface area contributed by atoms with Gasteiger partial charge >= 0.3 is 0 Å². The predicted molar refractivity (Wildman–Crippen MR) is 150 cm³/mol. The van der Waals surface area contributed by atoms with E-state index in [1.807, 2.05) is 104 Å². The minimum absolute atomic E-state index is 0.171. The van der Waals surface area contributed by atoms with Gasteiger partial charge in [-0.3, -0.25) is 4.57 Å². The van der Waals surface area contributed by atoms with Gasteiger partial charge in [0.2, 0.25) is 0 Å². The van der Waals surface area contributed by atoms with E-state index in [0.29, 0.717) is 24.3 Å². The Hall–Kier alpha value is -3.57. The van der Waals surface area contributed by atoms with Crippen molar-refractivity contribution in [2.75, 3.05) is 26.4 Å². The number of fused-ring (bicyclic) bond motifs is 3. The lowest BCUT2D eigenvalue weighted by Crippen LogP contribution is -2.34. The molecule has 4 aromatic carbocycles. The first kappa shape index (κ1) is 24.5. The van der Waals surface area contributed by atoms with E-state index in [4.69, 9.17) is 23.5 Å². The first-order chi connectivity index (χ1) is 19.0. The third kappa shape index (κ3) is 4.43. The molecule has 3 atom stereocenters. The van der Waals surface area contributed by atoms with Gasteiger partial charge in [0.05, 0.1) is 18.5 Å². The Balaban J connectivity index is 1.34. The summed E-state index contributed by atoms with van der Waals surface area (Å²) < 4.78 is 44.5. The van der Waals surface area contributed by atoms with Crippen molar-refractivity contribution in [3.8, 4) is 28.4 Å². The summed E-state index contributed by atoms with van der Waals surface area (Å²) in [6, 6.07) is 31.4. The number of rotatable bonds is 9. The fourth-order valence-electron chi connectivity index (χ4n) is 5.21. The molecule has 0 radical (unpaired) electrons. The second-order valence-electron chi connectivity index (χ2n) is 10.3. The Morgan fingerprint density at radius 2 is 1.21 bits per heavy atom. The van der Waals surface area contributed by atoms with Crippen molar-refractivity contribution >= 4 is 12.7 Å². The van der Waals surface area contributed by atoms with Crippen molar-refractivity contribution in [1.82, 2.24) is 0 Å². The van der Waals surface area contributed by atoms with Crippen molar-refractivity contribution in [2.45, 2.75) is 24.3 Å². The van der Waals surface area contributed by atoms with E-state index >= 15 is 4.57 Å². The van der Waals surface area contributed by atoms with Crippen LogP contribution in [0, 0.1) is 0 Å². The molecule has 2 saturated heterocycles. The molecule has 0 bridgehead atoms. The van der Waals surface area contributed by atoms with Gasteiger partial charge in [-0.25, -0.2) is 0 Å². The van der Waals surface area contributed by atoms with Crippen LogP contribution in [0.1, 0.15) is 18.1 Å². The molecular weight excluding hydrogens is 511 g/mol. The molecule has 3 aliphatic heterocycles. The van der Waals surface area contributed by atoms with Crippen LogP contribution < -0.4 is 19.3 Å². The normalized spacial score (nSPS) is 23.9. The highest BCUT2D eigenvalue weighted by molar-refractivity contribution is 7.69. The summed E-state index contributed by atoms with van der Waals surface area (Å²) in [5.74, 6) is 2.12. The zero-order valence-corrected chi connectivity index (χ0v) is 22.5. The van der Waals surface area contributed by atoms with Crippen LogP contribution in [0.5, 0.6) is 17.2 Å². The van der Waals surface area contributed by atoms with E-state index < -0.39 is 12.5 Å². The van der Waals surface area contributed by atoms with Gasteiger partial charge in [-0.1, -0.05) is 60.7 Å². The molecule has 7 heteroatoms. The molecule has 0 N–H and O–H groups in total. The molecule has 7 rings (SSSR count). The van der Waals surface area contributed by atoms with Crippen molar-refractivity contribution in [3.63, 3.8) is 0 Å². The van der Waals surface area contributed by atoms with E-state index in [2.05, 4.69) is 0 Å². The number of para-hydroxylation sites is 1. The lowest BCUT2D eigenvalue weighted by atomic mass is 9.92. The van der Waals surface area contributed by atoms with E-state index in [1.165, 1.54) is 0 Å². The van der Waals surface area contributed by atoms with Crippen LogP contribution in [0.4, 0.5) is 0 Å². The third-order valence-electron chi connectivity index (χ3n) is 7.72. The molecular formula is C32H29O6P. The summed E-state index contributed by atoms with van der Waals surface area (Å²) in [5.41, 5.74) is 3.62. The second kappa shape index (κ2) is 9.56. The highest BCUT2D eigenvalue weighted by Crippen LogP contribution is 2.69. The van der Waals surface area contributed by atoms with Crippen molar-refractivity contribution in [2.24, 2.45) is 0 Å². The van der Waals surface area contributed by atoms with E-state index in [-0.39, 0.29) is 12.2 Å². The number of benzene rings is 4. The highest BCUT2D eigenvalue weighted by atomic mass is 31.2. The molecule has 0 saturated carbocycles. The van der Waals surface area contributed by atoms with Crippen LogP contribution in [0.3, 0.4) is 0 Å². The molecule has 6 nitrogen and oxygen atoms in total. The molecule has 0 aromatic heterocycles. The van der Waals surface area contributed by atoms with Gasteiger partial charge < -0.3 is 23.5 Å². The first-order valence-corrected chi connectivity index (χ1v) is 14.9. The van der Waals surface area contributed by atoms with Gasteiger partial charge in [-0.2, -0.15) is 0 Å². The lowest BCUT2D eigenvalue weighted by molar-refractivity contribution is 0.263. The maximum Gasteiger partial charge on any atom is 0.292 e. The Kier molecular flexibility index (Phi) is 6.00. The Labute approximate surface area is 227 Å². The summed E-state index contributed by atoms with van der Waals surface area (Å²) in [5, 5.41) is -0.295. The maximum atomic E-state index is 15.5. The van der Waals surface area contributed by atoms with Gasteiger partial charge in [0.15, 0.2) is 0 Å².